The Morgan fingerprint density at radius 1 is 0.941 bits per heavy atom. The van der Waals surface area contributed by atoms with Crippen LogP contribution in [0.3, 0.4) is 0 Å². The fourth-order valence-corrected chi connectivity index (χ4v) is 1.66. The van der Waals surface area contributed by atoms with Crippen molar-refractivity contribution < 1.29 is 4.74 Å². The molecule has 1 heteroatoms. The molecule has 0 aromatic heterocycles. The third kappa shape index (κ3) is 3.22. The Balaban J connectivity index is 2.14. The third-order valence-electron chi connectivity index (χ3n) is 2.53. The number of ether oxygens (including phenoxy) is 1. The first-order valence-electron chi connectivity index (χ1n) is 5.79. The molecule has 0 unspecified atom stereocenters. The van der Waals surface area contributed by atoms with Gasteiger partial charge in [0.05, 0.1) is 6.61 Å². The highest BCUT2D eigenvalue weighted by molar-refractivity contribution is 5.64. The molecule has 0 N–H and O–H groups in total. The molecule has 0 atom stereocenters. The van der Waals surface area contributed by atoms with E-state index in [0.717, 1.165) is 12.2 Å². The summed E-state index contributed by atoms with van der Waals surface area (Å²) in [6.45, 7) is 4.36. The van der Waals surface area contributed by atoms with Crippen molar-refractivity contribution in [3.63, 3.8) is 0 Å². The number of benzene rings is 2. The van der Waals surface area contributed by atoms with Gasteiger partial charge in [-0.15, -0.1) is 6.58 Å². The van der Waals surface area contributed by atoms with Crippen molar-refractivity contribution in [1.82, 2.24) is 0 Å². The lowest BCUT2D eigenvalue weighted by molar-refractivity contribution is 0.325. The monoisotopic (exact) mass is 224 g/mol. The van der Waals surface area contributed by atoms with Gasteiger partial charge >= 0.3 is 0 Å². The number of rotatable bonds is 5. The Kier molecular flexibility index (Phi) is 3.98. The maximum absolute atomic E-state index is 5.64. The zero-order valence-electron chi connectivity index (χ0n) is 9.80. The van der Waals surface area contributed by atoms with E-state index in [0.29, 0.717) is 6.61 Å². The van der Waals surface area contributed by atoms with Crippen molar-refractivity contribution in [1.29, 1.82) is 0 Å². The molecule has 0 fully saturated rings. The second-order valence-electron chi connectivity index (χ2n) is 3.82. The normalized spacial score (nSPS) is 9.88. The lowest BCUT2D eigenvalue weighted by atomic mass is 10.1. The van der Waals surface area contributed by atoms with Gasteiger partial charge in [0.1, 0.15) is 5.75 Å². The van der Waals surface area contributed by atoms with Crippen molar-refractivity contribution in [3.8, 4) is 16.9 Å². The summed E-state index contributed by atoms with van der Waals surface area (Å²) in [5.74, 6) is 0.910. The average Bonchev–Trinajstić information content (AvgIpc) is 2.41. The fourth-order valence-electron chi connectivity index (χ4n) is 1.66. The van der Waals surface area contributed by atoms with Crippen molar-refractivity contribution in [2.75, 3.05) is 6.61 Å². The summed E-state index contributed by atoms with van der Waals surface area (Å²) in [6, 6.07) is 18.5. The van der Waals surface area contributed by atoms with E-state index < -0.39 is 0 Å². The Bertz CT molecular complexity index is 474. The molecule has 0 amide bonds. The van der Waals surface area contributed by atoms with Crippen LogP contribution >= 0.6 is 0 Å². The molecule has 17 heavy (non-hydrogen) atoms. The Morgan fingerprint density at radius 2 is 1.71 bits per heavy atom. The van der Waals surface area contributed by atoms with Crippen LogP contribution in [0.2, 0.25) is 0 Å². The van der Waals surface area contributed by atoms with Gasteiger partial charge in [-0.3, -0.25) is 0 Å². The summed E-state index contributed by atoms with van der Waals surface area (Å²) < 4.78 is 5.64. The smallest absolute Gasteiger partial charge is 0.119 e. The van der Waals surface area contributed by atoms with Gasteiger partial charge in [0.2, 0.25) is 0 Å². The molecule has 0 heterocycles. The van der Waals surface area contributed by atoms with Crippen molar-refractivity contribution in [2.24, 2.45) is 0 Å². The third-order valence-corrected chi connectivity index (χ3v) is 2.53. The van der Waals surface area contributed by atoms with Gasteiger partial charge in [-0.2, -0.15) is 0 Å². The first-order valence-corrected chi connectivity index (χ1v) is 5.79. The van der Waals surface area contributed by atoms with Crippen LogP contribution in [0, 0.1) is 0 Å². The summed E-state index contributed by atoms with van der Waals surface area (Å²) >= 11 is 0. The standard InChI is InChI=1S/C16H16O/c1-2-3-12-17-16-11-7-10-15(13-16)14-8-5-4-6-9-14/h2,4-11,13H,1,3,12H2. The Morgan fingerprint density at radius 3 is 2.47 bits per heavy atom. The predicted octanol–water partition coefficient (Wildman–Crippen LogP) is 4.31. The van der Waals surface area contributed by atoms with Crippen LogP contribution in [-0.4, -0.2) is 6.61 Å². The van der Waals surface area contributed by atoms with Gasteiger partial charge in [-0.05, 0) is 29.7 Å². The second kappa shape index (κ2) is 5.90. The van der Waals surface area contributed by atoms with E-state index in [4.69, 9.17) is 4.74 Å². The van der Waals surface area contributed by atoms with Crippen LogP contribution in [0.5, 0.6) is 5.75 Å². The van der Waals surface area contributed by atoms with Crippen molar-refractivity contribution in [3.05, 3.63) is 67.3 Å². The first kappa shape index (κ1) is 11.5. The minimum Gasteiger partial charge on any atom is -0.493 e. The molecule has 0 aliphatic carbocycles. The molecule has 0 saturated heterocycles. The molecule has 1 nitrogen and oxygen atoms in total. The maximum atomic E-state index is 5.64. The quantitative estimate of drug-likeness (QED) is 0.543. The highest BCUT2D eigenvalue weighted by Gasteiger charge is 1.98. The highest BCUT2D eigenvalue weighted by Crippen LogP contribution is 2.23. The molecule has 2 aromatic carbocycles. The van der Waals surface area contributed by atoms with E-state index in [9.17, 15) is 0 Å². The van der Waals surface area contributed by atoms with Crippen LogP contribution < -0.4 is 4.74 Å². The number of hydrogen-bond acceptors (Lipinski definition) is 1. The first-order chi connectivity index (χ1) is 8.40. The molecule has 2 rings (SSSR count). The molecule has 0 radical (unpaired) electrons. The molecule has 2 aromatic rings. The summed E-state index contributed by atoms with van der Waals surface area (Å²) in [7, 11) is 0. The van der Waals surface area contributed by atoms with E-state index in [1.54, 1.807) is 0 Å². The molecule has 0 saturated carbocycles. The van der Waals surface area contributed by atoms with Crippen molar-refractivity contribution >= 4 is 0 Å². The van der Waals surface area contributed by atoms with Gasteiger partial charge in [0, 0.05) is 0 Å². The average molecular weight is 224 g/mol. The zero-order valence-corrected chi connectivity index (χ0v) is 9.80. The minimum atomic E-state index is 0.682. The summed E-state index contributed by atoms with van der Waals surface area (Å²) in [5, 5.41) is 0. The topological polar surface area (TPSA) is 9.23 Å². The molecule has 0 bridgehead atoms. The molecule has 0 spiro atoms. The van der Waals surface area contributed by atoms with E-state index >= 15 is 0 Å². The van der Waals surface area contributed by atoms with E-state index in [2.05, 4.69) is 30.8 Å². The Labute approximate surface area is 102 Å². The highest BCUT2D eigenvalue weighted by atomic mass is 16.5. The molecular formula is C16H16O. The SMILES string of the molecule is C=CCCOc1cccc(-c2ccccc2)c1. The number of hydrogen-bond donors (Lipinski definition) is 0. The summed E-state index contributed by atoms with van der Waals surface area (Å²) in [6.07, 6.45) is 2.73. The van der Waals surface area contributed by atoms with E-state index in [-0.39, 0.29) is 0 Å². The van der Waals surface area contributed by atoms with Gasteiger partial charge in [-0.1, -0.05) is 48.5 Å². The molecule has 86 valence electrons. The van der Waals surface area contributed by atoms with Crippen LogP contribution in [-0.2, 0) is 0 Å². The summed E-state index contributed by atoms with van der Waals surface area (Å²) in [4.78, 5) is 0. The second-order valence-corrected chi connectivity index (χ2v) is 3.82. The van der Waals surface area contributed by atoms with Gasteiger partial charge < -0.3 is 4.74 Å². The van der Waals surface area contributed by atoms with E-state index in [1.165, 1.54) is 11.1 Å². The van der Waals surface area contributed by atoms with Crippen molar-refractivity contribution in [2.45, 2.75) is 6.42 Å². The van der Waals surface area contributed by atoms with Gasteiger partial charge in [-0.25, -0.2) is 0 Å². The Hall–Kier alpha value is -2.02. The van der Waals surface area contributed by atoms with Gasteiger partial charge in [0.15, 0.2) is 0 Å². The molecular weight excluding hydrogens is 208 g/mol. The summed E-state index contributed by atoms with van der Waals surface area (Å²) in [5.41, 5.74) is 2.39. The lowest BCUT2D eigenvalue weighted by Crippen LogP contribution is -1.95. The molecule has 0 aliphatic rings. The molecule has 0 aliphatic heterocycles. The predicted molar refractivity (Wildman–Crippen MR) is 72.2 cm³/mol. The van der Waals surface area contributed by atoms with E-state index in [1.807, 2.05) is 36.4 Å². The zero-order chi connectivity index (χ0) is 11.9. The van der Waals surface area contributed by atoms with Crippen LogP contribution in [0.4, 0.5) is 0 Å². The van der Waals surface area contributed by atoms with Crippen LogP contribution in [0.1, 0.15) is 6.42 Å². The lowest BCUT2D eigenvalue weighted by Gasteiger charge is -2.07. The maximum Gasteiger partial charge on any atom is 0.119 e. The van der Waals surface area contributed by atoms with Crippen LogP contribution in [0.15, 0.2) is 67.3 Å². The van der Waals surface area contributed by atoms with Crippen LogP contribution in [0.25, 0.3) is 11.1 Å². The largest absolute Gasteiger partial charge is 0.493 e. The fraction of sp³-hybridized carbons (Fsp3) is 0.125. The minimum absolute atomic E-state index is 0.682. The van der Waals surface area contributed by atoms with Gasteiger partial charge in [0.25, 0.3) is 0 Å².